The van der Waals surface area contributed by atoms with E-state index in [0.717, 1.165) is 19.0 Å². The van der Waals surface area contributed by atoms with Gasteiger partial charge >= 0.3 is 0 Å². The van der Waals surface area contributed by atoms with Gasteiger partial charge < -0.3 is 0 Å². The van der Waals surface area contributed by atoms with Crippen molar-refractivity contribution in [1.82, 2.24) is 10.4 Å². The van der Waals surface area contributed by atoms with E-state index in [1.807, 2.05) is 0 Å². The number of hydrogen-bond acceptors (Lipinski definition) is 2. The highest BCUT2D eigenvalue weighted by atomic mass is 15.5. The summed E-state index contributed by atoms with van der Waals surface area (Å²) in [6, 6.07) is 8.87. The SMILES string of the molecule is c1ccc2c(c1)CCN(NCC1CCCCCC1)C2. The molecule has 0 amide bonds. The van der Waals surface area contributed by atoms with Crippen LogP contribution < -0.4 is 5.43 Å². The highest BCUT2D eigenvalue weighted by Crippen LogP contribution is 2.23. The third-order valence-corrected chi connectivity index (χ3v) is 4.71. The van der Waals surface area contributed by atoms with Gasteiger partial charge in [-0.15, -0.1) is 0 Å². The molecule has 104 valence electrons. The van der Waals surface area contributed by atoms with Crippen LogP contribution in [0.1, 0.15) is 49.7 Å². The van der Waals surface area contributed by atoms with Crippen LogP contribution in [-0.4, -0.2) is 18.1 Å². The second-order valence-corrected chi connectivity index (χ2v) is 6.16. The normalized spacial score (nSPS) is 21.9. The van der Waals surface area contributed by atoms with E-state index >= 15 is 0 Å². The number of fused-ring (bicyclic) bond motifs is 1. The molecule has 0 radical (unpaired) electrons. The molecule has 1 aliphatic heterocycles. The van der Waals surface area contributed by atoms with E-state index in [4.69, 9.17) is 0 Å². The van der Waals surface area contributed by atoms with Crippen LogP contribution in [0.3, 0.4) is 0 Å². The number of rotatable bonds is 3. The smallest absolute Gasteiger partial charge is 0.0384 e. The topological polar surface area (TPSA) is 15.3 Å². The molecule has 0 aromatic heterocycles. The average Bonchev–Trinajstić information content (AvgIpc) is 2.73. The van der Waals surface area contributed by atoms with Gasteiger partial charge in [-0.2, -0.15) is 0 Å². The summed E-state index contributed by atoms with van der Waals surface area (Å²) in [5.74, 6) is 0.902. The Morgan fingerprint density at radius 2 is 1.74 bits per heavy atom. The molecule has 1 fully saturated rings. The monoisotopic (exact) mass is 258 g/mol. The Labute approximate surface area is 117 Å². The molecule has 0 unspecified atom stereocenters. The van der Waals surface area contributed by atoms with Crippen molar-refractivity contribution in [1.29, 1.82) is 0 Å². The minimum absolute atomic E-state index is 0.902. The molecule has 19 heavy (non-hydrogen) atoms. The summed E-state index contributed by atoms with van der Waals surface area (Å²) in [4.78, 5) is 0. The molecule has 2 nitrogen and oxygen atoms in total. The maximum atomic E-state index is 3.69. The van der Waals surface area contributed by atoms with Crippen molar-refractivity contribution in [3.8, 4) is 0 Å². The Morgan fingerprint density at radius 1 is 1.00 bits per heavy atom. The first-order valence-electron chi connectivity index (χ1n) is 7.97. The molecule has 2 aliphatic rings. The van der Waals surface area contributed by atoms with Crippen LogP contribution >= 0.6 is 0 Å². The maximum Gasteiger partial charge on any atom is 0.0384 e. The van der Waals surface area contributed by atoms with Crippen LogP contribution in [0.25, 0.3) is 0 Å². The van der Waals surface area contributed by atoms with E-state index < -0.39 is 0 Å². The molecule has 1 heterocycles. The summed E-state index contributed by atoms with van der Waals surface area (Å²) in [6.07, 6.45) is 9.83. The molecule has 3 rings (SSSR count). The molecule has 1 aromatic carbocycles. The van der Waals surface area contributed by atoms with Crippen molar-refractivity contribution >= 4 is 0 Å². The van der Waals surface area contributed by atoms with Gasteiger partial charge in [0.15, 0.2) is 0 Å². The summed E-state index contributed by atoms with van der Waals surface area (Å²) < 4.78 is 0. The first-order valence-corrected chi connectivity index (χ1v) is 7.97. The third-order valence-electron chi connectivity index (χ3n) is 4.71. The zero-order valence-electron chi connectivity index (χ0n) is 11.9. The number of benzene rings is 1. The standard InChI is InChI=1S/C17H26N2/c1-2-4-8-15(7-3-1)13-18-19-12-11-16-9-5-6-10-17(16)14-19/h5-6,9-10,15,18H,1-4,7-8,11-14H2. The van der Waals surface area contributed by atoms with E-state index in [1.165, 1.54) is 62.6 Å². The van der Waals surface area contributed by atoms with Gasteiger partial charge in [-0.25, -0.2) is 5.01 Å². The van der Waals surface area contributed by atoms with Gasteiger partial charge in [0.1, 0.15) is 0 Å². The minimum Gasteiger partial charge on any atom is -0.255 e. The molecular formula is C17H26N2. The van der Waals surface area contributed by atoms with Crippen molar-refractivity contribution in [2.45, 2.75) is 51.5 Å². The predicted molar refractivity (Wildman–Crippen MR) is 79.8 cm³/mol. The molecule has 0 atom stereocenters. The zero-order chi connectivity index (χ0) is 12.9. The third kappa shape index (κ3) is 3.58. The Morgan fingerprint density at radius 3 is 2.53 bits per heavy atom. The number of hydrazine groups is 1. The molecular weight excluding hydrogens is 232 g/mol. The molecule has 1 aliphatic carbocycles. The Bertz CT molecular complexity index is 394. The minimum atomic E-state index is 0.902. The highest BCUT2D eigenvalue weighted by molar-refractivity contribution is 5.28. The highest BCUT2D eigenvalue weighted by Gasteiger charge is 2.17. The van der Waals surface area contributed by atoms with Crippen LogP contribution in [0.5, 0.6) is 0 Å². The fourth-order valence-corrected chi connectivity index (χ4v) is 3.46. The van der Waals surface area contributed by atoms with E-state index in [1.54, 1.807) is 0 Å². The van der Waals surface area contributed by atoms with Gasteiger partial charge in [0.2, 0.25) is 0 Å². The largest absolute Gasteiger partial charge is 0.255 e. The molecule has 1 N–H and O–H groups in total. The van der Waals surface area contributed by atoms with Gasteiger partial charge in [0.25, 0.3) is 0 Å². The fourth-order valence-electron chi connectivity index (χ4n) is 3.46. The van der Waals surface area contributed by atoms with Gasteiger partial charge in [-0.3, -0.25) is 5.43 Å². The Hall–Kier alpha value is -0.860. The lowest BCUT2D eigenvalue weighted by Crippen LogP contribution is -2.43. The quantitative estimate of drug-likeness (QED) is 0.835. The summed E-state index contributed by atoms with van der Waals surface area (Å²) >= 11 is 0. The molecule has 1 aromatic rings. The van der Waals surface area contributed by atoms with Crippen molar-refractivity contribution in [2.24, 2.45) is 5.92 Å². The first-order chi connectivity index (χ1) is 9.42. The van der Waals surface area contributed by atoms with E-state index in [2.05, 4.69) is 34.7 Å². The lowest BCUT2D eigenvalue weighted by Gasteiger charge is -2.30. The summed E-state index contributed by atoms with van der Waals surface area (Å²) in [6.45, 7) is 3.41. The molecule has 0 bridgehead atoms. The summed E-state index contributed by atoms with van der Waals surface area (Å²) in [7, 11) is 0. The van der Waals surface area contributed by atoms with Crippen molar-refractivity contribution in [3.63, 3.8) is 0 Å². The first kappa shape index (κ1) is 13.1. The van der Waals surface area contributed by atoms with Gasteiger partial charge in [-0.1, -0.05) is 49.9 Å². The van der Waals surface area contributed by atoms with Crippen LogP contribution in [0.4, 0.5) is 0 Å². The van der Waals surface area contributed by atoms with Crippen LogP contribution in [0, 0.1) is 5.92 Å². The maximum absolute atomic E-state index is 3.69. The van der Waals surface area contributed by atoms with Crippen molar-refractivity contribution in [3.05, 3.63) is 35.4 Å². The predicted octanol–water partition coefficient (Wildman–Crippen LogP) is 3.52. The van der Waals surface area contributed by atoms with Gasteiger partial charge in [-0.05, 0) is 36.3 Å². The Balaban J connectivity index is 1.49. The van der Waals surface area contributed by atoms with Crippen LogP contribution in [0.2, 0.25) is 0 Å². The molecule has 1 saturated carbocycles. The average molecular weight is 258 g/mol. The second kappa shape index (κ2) is 6.53. The molecule has 0 saturated heterocycles. The second-order valence-electron chi connectivity index (χ2n) is 6.16. The summed E-state index contributed by atoms with van der Waals surface area (Å²) in [5.41, 5.74) is 6.73. The zero-order valence-corrected chi connectivity index (χ0v) is 11.9. The van der Waals surface area contributed by atoms with Gasteiger partial charge in [0, 0.05) is 19.6 Å². The number of hydrogen-bond donors (Lipinski definition) is 1. The van der Waals surface area contributed by atoms with E-state index in [9.17, 15) is 0 Å². The summed E-state index contributed by atoms with van der Waals surface area (Å²) in [5, 5.41) is 2.42. The number of nitrogens with zero attached hydrogens (tertiary/aromatic N) is 1. The van der Waals surface area contributed by atoms with Crippen molar-refractivity contribution < 1.29 is 0 Å². The Kier molecular flexibility index (Phi) is 4.52. The van der Waals surface area contributed by atoms with E-state index in [0.29, 0.717) is 0 Å². The molecule has 0 spiro atoms. The lowest BCUT2D eigenvalue weighted by atomic mass is 10.00. The van der Waals surface area contributed by atoms with Crippen LogP contribution in [-0.2, 0) is 13.0 Å². The lowest BCUT2D eigenvalue weighted by molar-refractivity contribution is 0.153. The number of nitrogens with one attached hydrogen (secondary N) is 1. The molecule has 2 heteroatoms. The van der Waals surface area contributed by atoms with Crippen molar-refractivity contribution in [2.75, 3.05) is 13.1 Å². The van der Waals surface area contributed by atoms with E-state index in [-0.39, 0.29) is 0 Å². The fraction of sp³-hybridized carbons (Fsp3) is 0.647. The van der Waals surface area contributed by atoms with Crippen LogP contribution in [0.15, 0.2) is 24.3 Å². The van der Waals surface area contributed by atoms with Gasteiger partial charge in [0.05, 0.1) is 0 Å².